The van der Waals surface area contributed by atoms with Crippen molar-refractivity contribution in [3.63, 3.8) is 0 Å². The lowest BCUT2D eigenvalue weighted by Gasteiger charge is -2.19. The van der Waals surface area contributed by atoms with Crippen LogP contribution >= 0.6 is 68.8 Å². The number of rotatable bonds is 39. The zero-order valence-corrected chi connectivity index (χ0v) is 78.0. The van der Waals surface area contributed by atoms with Crippen LogP contribution in [-0.2, 0) is 85.3 Å². The molecule has 0 spiro atoms. The Labute approximate surface area is 732 Å². The molecule has 0 bridgehead atoms. The summed E-state index contributed by atoms with van der Waals surface area (Å²) in [5.41, 5.74) is 7.87. The molecule has 0 radical (unpaired) electrons. The normalized spacial score (nSPS) is 13.7. The van der Waals surface area contributed by atoms with Crippen LogP contribution in [0.5, 0.6) is 34.5 Å². The summed E-state index contributed by atoms with van der Waals surface area (Å²) in [7, 11) is -19.1. The molecule has 6 unspecified atom stereocenters. The number of hydrogen-bond acceptors (Lipinski definition) is 18. The molecule has 0 N–H and O–H groups in total. The molecule has 0 amide bonds. The van der Waals surface area contributed by atoms with E-state index in [0.717, 1.165) is 69.0 Å². The van der Waals surface area contributed by atoms with Crippen molar-refractivity contribution >= 4 is 79.5 Å². The van der Waals surface area contributed by atoms with Gasteiger partial charge >= 0.3 is 45.6 Å². The van der Waals surface area contributed by atoms with Crippen molar-refractivity contribution < 1.29 is 81.7 Å². The first-order valence-corrected chi connectivity index (χ1v) is 51.8. The standard InChI is InChI=1S/C19H19O3P.C16H18ClO3P.2C16H19O3P.C15H16ClO3P.C14H23O3P/c1-2-21-23(20,22-18-12-4-3-5-13-18)15-17-11-8-10-16-9-6-7-14-19(16)17;1-3-19-21(18,12-14-7-5-4-6-8-14)20-16-10-9-13(2)11-15(16)17;1-3-18-20(17,13-15-9-5-4-6-10-15)19-16-11-7-8-14(2)12-16;1-3-18-20(17,19-16-7-5-4-6-8-16)13-15-11-9-14(2)10-12-15;1-2-18-20(17,19-15-6-4-3-5-7-15)12-13-8-10-14(16)11-9-13;1-3-5-6-10-13-18(15,16-4-2)17-14-11-8-7-9-12-14/h3-14H,2,15H2,1H3;4-11H,3,12H2,1-2H3;2*4-12H,3,13H2,1-2H3;3-11H,2,12H2,1H3;7-9,11-12H,3-6,10,13H2,1-2H3. The molecule has 0 aliphatic heterocycles. The Morgan fingerprint density at radius 2 is 0.582 bits per heavy atom. The molecular formula is C96H114Cl2O18P6. The number of unbranched alkanes of at least 4 members (excludes halogenated alkanes) is 3. The van der Waals surface area contributed by atoms with Crippen molar-refractivity contribution in [3.8, 4) is 34.5 Å². The van der Waals surface area contributed by atoms with Gasteiger partial charge in [0.2, 0.25) is 0 Å². The average molecular weight is 1810 g/mol. The molecule has 0 aromatic heterocycles. The molecule has 0 fully saturated rings. The fraction of sp³-hybridized carbons (Fsp3) is 0.271. The van der Waals surface area contributed by atoms with E-state index in [-0.39, 0.29) is 30.8 Å². The van der Waals surface area contributed by atoms with Gasteiger partial charge in [0.25, 0.3) is 0 Å². The van der Waals surface area contributed by atoms with Crippen LogP contribution in [0.2, 0.25) is 10.0 Å². The maximum absolute atomic E-state index is 13.2. The monoisotopic (exact) mass is 1810 g/mol. The van der Waals surface area contributed by atoms with Gasteiger partial charge in [0.05, 0.1) is 81.6 Å². The van der Waals surface area contributed by atoms with Crippen molar-refractivity contribution in [1.29, 1.82) is 0 Å². The molecule has 18 nitrogen and oxygen atoms in total. The lowest BCUT2D eigenvalue weighted by molar-refractivity contribution is 0.277. The van der Waals surface area contributed by atoms with Gasteiger partial charge in [0.15, 0.2) is 0 Å². The zero-order valence-electron chi connectivity index (χ0n) is 71.1. The van der Waals surface area contributed by atoms with Gasteiger partial charge in [0.1, 0.15) is 34.5 Å². The van der Waals surface area contributed by atoms with Crippen LogP contribution in [0.1, 0.15) is 119 Å². The Bertz CT molecular complexity index is 5170. The minimum atomic E-state index is -3.29. The molecule has 122 heavy (non-hydrogen) atoms. The van der Waals surface area contributed by atoms with Crippen LogP contribution in [0.3, 0.4) is 0 Å². The Kier molecular flexibility index (Phi) is 44.1. The Morgan fingerprint density at radius 3 is 0.992 bits per heavy atom. The SMILES string of the molecule is CCCCCCP(=O)(OCC)Oc1ccccc1.CCOP(=O)(Cc1ccc(C)cc1)Oc1ccccc1.CCOP(=O)(Cc1ccc(Cl)cc1)Oc1ccccc1.CCOP(=O)(Cc1cccc2ccccc12)Oc1ccccc1.CCOP(=O)(Cc1ccccc1)Oc1ccc(C)cc1Cl.CCOP(=O)(Cc1ccccc1)Oc1cccc(C)c1. The number of fused-ring (bicyclic) bond motifs is 1. The van der Waals surface area contributed by atoms with Crippen molar-refractivity contribution in [3.05, 3.63) is 370 Å². The lowest BCUT2D eigenvalue weighted by Crippen LogP contribution is -2.02. The topological polar surface area (TPSA) is 213 Å². The molecule has 0 saturated carbocycles. The van der Waals surface area contributed by atoms with E-state index in [9.17, 15) is 27.4 Å². The van der Waals surface area contributed by atoms with Crippen molar-refractivity contribution in [1.82, 2.24) is 0 Å². The first-order chi connectivity index (χ1) is 58.8. The third-order valence-corrected chi connectivity index (χ3v) is 29.2. The number of para-hydroxylation sites is 4. The van der Waals surface area contributed by atoms with Crippen LogP contribution in [0, 0.1) is 20.8 Å². The smallest absolute Gasteiger partial charge is 0.383 e. The van der Waals surface area contributed by atoms with Crippen LogP contribution in [-0.4, -0.2) is 45.8 Å². The van der Waals surface area contributed by atoms with Gasteiger partial charge in [-0.2, -0.15) is 0 Å². The van der Waals surface area contributed by atoms with E-state index in [1.165, 1.54) is 12.0 Å². The van der Waals surface area contributed by atoms with Gasteiger partial charge in [-0.1, -0.05) is 285 Å². The van der Waals surface area contributed by atoms with E-state index in [1.54, 1.807) is 92.7 Å². The lowest BCUT2D eigenvalue weighted by atomic mass is 10.1. The second-order valence-corrected chi connectivity index (χ2v) is 40.4. The van der Waals surface area contributed by atoms with Crippen molar-refractivity contribution in [2.75, 3.05) is 45.8 Å². The number of benzene rings is 12. The molecule has 0 aliphatic carbocycles. The molecule has 26 heteroatoms. The summed E-state index contributed by atoms with van der Waals surface area (Å²) < 4.78 is 143. The Balaban J connectivity index is 0.000000202. The number of halogens is 2. The largest absolute Gasteiger partial charge is 0.424 e. The summed E-state index contributed by atoms with van der Waals surface area (Å²) >= 11 is 12.0. The van der Waals surface area contributed by atoms with E-state index in [0.29, 0.717) is 90.3 Å². The predicted molar refractivity (Wildman–Crippen MR) is 499 cm³/mol. The summed E-state index contributed by atoms with van der Waals surface area (Å²) in [5, 5.41) is 3.27. The highest BCUT2D eigenvalue weighted by Crippen LogP contribution is 2.57. The average Bonchev–Trinajstić information content (AvgIpc) is 0.799. The molecule has 6 atom stereocenters. The maximum Gasteiger partial charge on any atom is 0.383 e. The van der Waals surface area contributed by atoms with Crippen LogP contribution in [0.4, 0.5) is 0 Å². The molecular weight excluding hydrogens is 1700 g/mol. The molecule has 12 rings (SSSR count). The van der Waals surface area contributed by atoms with Gasteiger partial charge in [-0.3, -0.25) is 22.6 Å². The van der Waals surface area contributed by atoms with Gasteiger partial charge < -0.3 is 31.7 Å². The zero-order chi connectivity index (χ0) is 88.0. The molecule has 12 aromatic rings. The van der Waals surface area contributed by atoms with Crippen LogP contribution in [0.15, 0.2) is 315 Å². The fourth-order valence-corrected chi connectivity index (χ4v) is 22.5. The van der Waals surface area contributed by atoms with E-state index < -0.39 is 45.6 Å². The highest BCUT2D eigenvalue weighted by Gasteiger charge is 2.32. The Morgan fingerprint density at radius 1 is 0.262 bits per heavy atom. The van der Waals surface area contributed by atoms with E-state index >= 15 is 0 Å². The number of hydrogen-bond donors (Lipinski definition) is 0. The summed E-state index contributed by atoms with van der Waals surface area (Å²) in [6.07, 6.45) is 6.01. The van der Waals surface area contributed by atoms with Gasteiger partial charge in [-0.25, -0.2) is 27.4 Å². The minimum absolute atomic E-state index is 0.214. The third kappa shape index (κ3) is 37.9. The van der Waals surface area contributed by atoms with E-state index in [2.05, 4.69) is 6.92 Å². The first kappa shape index (κ1) is 101. The highest BCUT2D eigenvalue weighted by atomic mass is 35.5. The van der Waals surface area contributed by atoms with Crippen LogP contribution < -0.4 is 27.1 Å². The molecule has 650 valence electrons. The third-order valence-electron chi connectivity index (χ3n) is 17.2. The van der Waals surface area contributed by atoms with Crippen molar-refractivity contribution in [2.45, 2.75) is 126 Å². The molecule has 12 aromatic carbocycles. The van der Waals surface area contributed by atoms with Gasteiger partial charge in [0, 0.05) is 5.02 Å². The number of aryl methyl sites for hydroxylation is 3. The summed E-state index contributed by atoms with van der Waals surface area (Å²) in [6.45, 7) is 21.1. The van der Waals surface area contributed by atoms with E-state index in [4.69, 9.17) is 77.5 Å². The summed E-state index contributed by atoms with van der Waals surface area (Å²) in [6, 6.07) is 97.6. The van der Waals surface area contributed by atoms with Crippen molar-refractivity contribution in [2.24, 2.45) is 0 Å². The van der Waals surface area contributed by atoms with Crippen LogP contribution in [0.25, 0.3) is 10.8 Å². The highest BCUT2D eigenvalue weighted by molar-refractivity contribution is 7.55. The summed E-state index contributed by atoms with van der Waals surface area (Å²) in [5.74, 6) is 3.25. The molecule has 0 saturated heterocycles. The van der Waals surface area contributed by atoms with Gasteiger partial charge in [-0.15, -0.1) is 0 Å². The summed E-state index contributed by atoms with van der Waals surface area (Å²) in [4.78, 5) is 0. The second kappa shape index (κ2) is 53.6. The second-order valence-electron chi connectivity index (χ2n) is 27.5. The van der Waals surface area contributed by atoms with E-state index in [1.807, 2.05) is 285 Å². The van der Waals surface area contributed by atoms with Gasteiger partial charge in [-0.05, 0) is 203 Å². The molecule has 0 aliphatic rings. The maximum atomic E-state index is 13.2. The quantitative estimate of drug-likeness (QED) is 0.0259. The Hall–Kier alpha value is -8.58. The first-order valence-electron chi connectivity index (χ1n) is 40.7. The fourth-order valence-electron chi connectivity index (χ4n) is 11.8. The predicted octanol–water partition coefficient (Wildman–Crippen LogP) is 30.7. The molecule has 0 heterocycles. The minimum Gasteiger partial charge on any atom is -0.424 e.